The maximum absolute atomic E-state index is 10.8. The number of nitrogen functional groups attached to an aromatic ring is 1. The van der Waals surface area contributed by atoms with Gasteiger partial charge < -0.3 is 10.8 Å². The lowest BCUT2D eigenvalue weighted by Crippen LogP contribution is -2.20. The van der Waals surface area contributed by atoms with E-state index in [0.29, 0.717) is 10.7 Å². The van der Waals surface area contributed by atoms with Gasteiger partial charge in [-0.1, -0.05) is 31.5 Å². The van der Waals surface area contributed by atoms with Crippen LogP contribution in [0.3, 0.4) is 0 Å². The van der Waals surface area contributed by atoms with Crippen molar-refractivity contribution < 1.29 is 9.90 Å². The third-order valence-electron chi connectivity index (χ3n) is 2.39. The Morgan fingerprint density at radius 3 is 2.62 bits per heavy atom. The van der Waals surface area contributed by atoms with Gasteiger partial charge in [0.2, 0.25) is 0 Å². The number of hydrogen-bond donors (Lipinski definition) is 2. The van der Waals surface area contributed by atoms with Crippen LogP contribution in [-0.2, 0) is 4.79 Å². The molecule has 0 aliphatic carbocycles. The van der Waals surface area contributed by atoms with Crippen LogP contribution >= 0.6 is 23.4 Å². The van der Waals surface area contributed by atoms with Crippen molar-refractivity contribution in [1.29, 1.82) is 0 Å². The zero-order valence-corrected chi connectivity index (χ0v) is 10.7. The molecule has 0 bridgehead atoms. The normalized spacial score (nSPS) is 14.4. The van der Waals surface area contributed by atoms with E-state index >= 15 is 0 Å². The lowest BCUT2D eigenvalue weighted by atomic mass is 10.1. The molecule has 2 unspecified atom stereocenters. The molecule has 1 rings (SSSR count). The van der Waals surface area contributed by atoms with Crippen molar-refractivity contribution in [3.8, 4) is 0 Å². The first kappa shape index (κ1) is 13.2. The van der Waals surface area contributed by atoms with Gasteiger partial charge >= 0.3 is 5.97 Å². The standard InChI is InChI=1S/C11H14ClNO2S/c1-6(11(14)15)7(2)16-10-8(12)4-3-5-9(10)13/h3-7H,13H2,1-2H3,(H,14,15). The van der Waals surface area contributed by atoms with Gasteiger partial charge in [0.05, 0.1) is 10.9 Å². The molecule has 0 fully saturated rings. The molecule has 3 N–H and O–H groups in total. The van der Waals surface area contributed by atoms with Crippen LogP contribution in [0.2, 0.25) is 5.02 Å². The van der Waals surface area contributed by atoms with Crippen LogP contribution in [0.5, 0.6) is 0 Å². The molecular weight excluding hydrogens is 246 g/mol. The molecule has 3 nitrogen and oxygen atoms in total. The number of hydrogen-bond acceptors (Lipinski definition) is 3. The Kier molecular flexibility index (Phi) is 4.50. The van der Waals surface area contributed by atoms with Crippen LogP contribution in [0.4, 0.5) is 5.69 Å². The number of nitrogens with two attached hydrogens (primary N) is 1. The summed E-state index contributed by atoms with van der Waals surface area (Å²) in [6.45, 7) is 3.53. The highest BCUT2D eigenvalue weighted by atomic mass is 35.5. The summed E-state index contributed by atoms with van der Waals surface area (Å²) in [5, 5.41) is 9.37. The van der Waals surface area contributed by atoms with Crippen molar-refractivity contribution in [2.75, 3.05) is 5.73 Å². The number of aliphatic carboxylic acids is 1. The second kappa shape index (κ2) is 5.46. The minimum absolute atomic E-state index is 0.0836. The van der Waals surface area contributed by atoms with E-state index in [2.05, 4.69) is 0 Å². The maximum Gasteiger partial charge on any atom is 0.307 e. The number of carbonyl (C=O) groups is 1. The molecule has 1 aromatic rings. The molecule has 5 heteroatoms. The Hall–Kier alpha value is -0.870. The monoisotopic (exact) mass is 259 g/mol. The molecule has 0 saturated heterocycles. The smallest absolute Gasteiger partial charge is 0.307 e. The molecule has 0 heterocycles. The summed E-state index contributed by atoms with van der Waals surface area (Å²) >= 11 is 7.41. The molecule has 0 saturated carbocycles. The SMILES string of the molecule is CC(Sc1c(N)cccc1Cl)C(C)C(=O)O. The van der Waals surface area contributed by atoms with Crippen LogP contribution in [0.25, 0.3) is 0 Å². The highest BCUT2D eigenvalue weighted by Gasteiger charge is 2.21. The van der Waals surface area contributed by atoms with Gasteiger partial charge in [0.25, 0.3) is 0 Å². The zero-order valence-electron chi connectivity index (χ0n) is 9.11. The number of carboxylic acids is 1. The average molecular weight is 260 g/mol. The van der Waals surface area contributed by atoms with E-state index in [1.165, 1.54) is 11.8 Å². The lowest BCUT2D eigenvalue weighted by Gasteiger charge is -2.17. The number of thioether (sulfide) groups is 1. The Bertz CT molecular complexity index is 377. The minimum atomic E-state index is -0.814. The van der Waals surface area contributed by atoms with Crippen LogP contribution in [0.1, 0.15) is 13.8 Å². The molecule has 0 radical (unpaired) electrons. The summed E-state index contributed by atoms with van der Waals surface area (Å²) in [5.41, 5.74) is 6.38. The van der Waals surface area contributed by atoms with Crippen LogP contribution in [0.15, 0.2) is 23.1 Å². The van der Waals surface area contributed by atoms with Gasteiger partial charge in [0, 0.05) is 15.8 Å². The van der Waals surface area contributed by atoms with Crippen LogP contribution in [-0.4, -0.2) is 16.3 Å². The molecule has 0 aliphatic rings. The van der Waals surface area contributed by atoms with Gasteiger partial charge in [-0.25, -0.2) is 0 Å². The summed E-state index contributed by atoms with van der Waals surface area (Å²) in [6, 6.07) is 5.28. The fourth-order valence-electron chi connectivity index (χ4n) is 1.14. The average Bonchev–Trinajstić information content (AvgIpc) is 2.22. The fourth-order valence-corrected chi connectivity index (χ4v) is 2.53. The highest BCUT2D eigenvalue weighted by Crippen LogP contribution is 2.37. The maximum atomic E-state index is 10.8. The van der Waals surface area contributed by atoms with E-state index in [1.807, 2.05) is 6.92 Å². The topological polar surface area (TPSA) is 63.3 Å². The number of benzene rings is 1. The van der Waals surface area contributed by atoms with Crippen molar-refractivity contribution in [1.82, 2.24) is 0 Å². The second-order valence-electron chi connectivity index (χ2n) is 3.61. The van der Waals surface area contributed by atoms with E-state index < -0.39 is 11.9 Å². The van der Waals surface area contributed by atoms with Crippen molar-refractivity contribution in [2.24, 2.45) is 5.92 Å². The number of carboxylic acid groups (broad SMARTS) is 1. The molecular formula is C11H14ClNO2S. The Morgan fingerprint density at radius 1 is 1.50 bits per heavy atom. The quantitative estimate of drug-likeness (QED) is 0.644. The summed E-state index contributed by atoms with van der Waals surface area (Å²) < 4.78 is 0. The third-order valence-corrected chi connectivity index (χ3v) is 4.29. The third kappa shape index (κ3) is 3.06. The molecule has 0 aliphatic heterocycles. The van der Waals surface area contributed by atoms with Crippen LogP contribution in [0, 0.1) is 5.92 Å². The molecule has 0 amide bonds. The number of anilines is 1. The van der Waals surface area contributed by atoms with Crippen molar-refractivity contribution in [2.45, 2.75) is 24.0 Å². The molecule has 88 valence electrons. The van der Waals surface area contributed by atoms with Gasteiger partial charge in [0.15, 0.2) is 0 Å². The first-order valence-electron chi connectivity index (χ1n) is 4.87. The van der Waals surface area contributed by atoms with Gasteiger partial charge in [-0.2, -0.15) is 0 Å². The minimum Gasteiger partial charge on any atom is -0.481 e. The van der Waals surface area contributed by atoms with E-state index in [4.69, 9.17) is 22.4 Å². The van der Waals surface area contributed by atoms with E-state index in [1.54, 1.807) is 25.1 Å². The molecule has 2 atom stereocenters. The lowest BCUT2D eigenvalue weighted by molar-refractivity contribution is -0.140. The highest BCUT2D eigenvalue weighted by molar-refractivity contribution is 8.00. The molecule has 0 spiro atoms. The van der Waals surface area contributed by atoms with Crippen molar-refractivity contribution in [3.63, 3.8) is 0 Å². The fraction of sp³-hybridized carbons (Fsp3) is 0.364. The predicted octanol–water partition coefficient (Wildman–Crippen LogP) is 3.12. The largest absolute Gasteiger partial charge is 0.481 e. The predicted molar refractivity (Wildman–Crippen MR) is 68.0 cm³/mol. The van der Waals surface area contributed by atoms with E-state index in [-0.39, 0.29) is 5.25 Å². The summed E-state index contributed by atoms with van der Waals surface area (Å²) in [7, 11) is 0. The van der Waals surface area contributed by atoms with E-state index in [9.17, 15) is 4.79 Å². The Labute approximate surface area is 104 Å². The Morgan fingerprint density at radius 2 is 2.12 bits per heavy atom. The Balaban J connectivity index is 2.84. The zero-order chi connectivity index (χ0) is 12.3. The van der Waals surface area contributed by atoms with Gasteiger partial charge in [-0.15, -0.1) is 11.8 Å². The van der Waals surface area contributed by atoms with Crippen LogP contribution < -0.4 is 5.73 Å². The van der Waals surface area contributed by atoms with Crippen molar-refractivity contribution in [3.05, 3.63) is 23.2 Å². The number of rotatable bonds is 4. The van der Waals surface area contributed by atoms with E-state index in [0.717, 1.165) is 4.90 Å². The first-order chi connectivity index (χ1) is 7.43. The van der Waals surface area contributed by atoms with Crippen molar-refractivity contribution >= 4 is 35.0 Å². The molecule has 1 aromatic carbocycles. The summed E-state index contributed by atoms with van der Waals surface area (Å²) in [6.07, 6.45) is 0. The summed E-state index contributed by atoms with van der Waals surface area (Å²) in [4.78, 5) is 11.6. The van der Waals surface area contributed by atoms with Gasteiger partial charge in [-0.05, 0) is 12.1 Å². The molecule has 16 heavy (non-hydrogen) atoms. The number of halogens is 1. The van der Waals surface area contributed by atoms with Gasteiger partial charge in [0.1, 0.15) is 0 Å². The second-order valence-corrected chi connectivity index (χ2v) is 5.40. The van der Waals surface area contributed by atoms with Gasteiger partial charge in [-0.3, -0.25) is 4.79 Å². The first-order valence-corrected chi connectivity index (χ1v) is 6.12. The summed E-state index contributed by atoms with van der Waals surface area (Å²) in [5.74, 6) is -1.26. The molecule has 0 aromatic heterocycles.